The van der Waals surface area contributed by atoms with Crippen molar-refractivity contribution in [1.82, 2.24) is 4.72 Å². The molecule has 0 heterocycles. The van der Waals surface area contributed by atoms with E-state index in [0.717, 1.165) is 31.5 Å². The quantitative estimate of drug-likeness (QED) is 0.648. The van der Waals surface area contributed by atoms with Crippen molar-refractivity contribution in [2.24, 2.45) is 0 Å². The van der Waals surface area contributed by atoms with Crippen LogP contribution < -0.4 is 10.0 Å². The van der Waals surface area contributed by atoms with Crippen LogP contribution in [0.3, 0.4) is 0 Å². The lowest BCUT2D eigenvalue weighted by Gasteiger charge is -2.08. The molecule has 4 nitrogen and oxygen atoms in total. The van der Waals surface area contributed by atoms with Crippen LogP contribution in [0, 0.1) is 0 Å². The Bertz CT molecular complexity index is 525. The Morgan fingerprint density at radius 2 is 1.86 bits per heavy atom. The van der Waals surface area contributed by atoms with Gasteiger partial charge in [-0.3, -0.25) is 0 Å². The van der Waals surface area contributed by atoms with Crippen molar-refractivity contribution in [1.29, 1.82) is 0 Å². The highest BCUT2D eigenvalue weighted by molar-refractivity contribution is 7.98. The normalized spacial score (nSPS) is 15.1. The molecule has 0 amide bonds. The number of rotatable bonds is 10. The van der Waals surface area contributed by atoms with E-state index in [0.29, 0.717) is 4.90 Å². The highest BCUT2D eigenvalue weighted by atomic mass is 32.2. The molecular formula is C15H24N2O2S2. The van der Waals surface area contributed by atoms with Gasteiger partial charge in [0.2, 0.25) is 10.0 Å². The maximum absolute atomic E-state index is 12.0. The van der Waals surface area contributed by atoms with Gasteiger partial charge in [0.1, 0.15) is 0 Å². The minimum absolute atomic E-state index is 0.147. The summed E-state index contributed by atoms with van der Waals surface area (Å²) in [6.07, 6.45) is 7.67. The van der Waals surface area contributed by atoms with Crippen molar-refractivity contribution in [2.75, 3.05) is 23.9 Å². The fourth-order valence-corrected chi connectivity index (χ4v) is 3.82. The fourth-order valence-electron chi connectivity index (χ4n) is 2.02. The van der Waals surface area contributed by atoms with E-state index >= 15 is 0 Å². The van der Waals surface area contributed by atoms with E-state index < -0.39 is 10.0 Å². The molecule has 1 saturated carbocycles. The highest BCUT2D eigenvalue weighted by Crippen LogP contribution is 2.22. The first-order valence-corrected chi connectivity index (χ1v) is 10.3. The van der Waals surface area contributed by atoms with Gasteiger partial charge >= 0.3 is 0 Å². The van der Waals surface area contributed by atoms with Crippen molar-refractivity contribution in [2.45, 2.75) is 43.0 Å². The fraction of sp³-hybridized carbons (Fsp3) is 0.600. The molecule has 21 heavy (non-hydrogen) atoms. The van der Waals surface area contributed by atoms with Crippen molar-refractivity contribution >= 4 is 27.5 Å². The van der Waals surface area contributed by atoms with Gasteiger partial charge in [-0.05, 0) is 62.0 Å². The van der Waals surface area contributed by atoms with Gasteiger partial charge in [-0.2, -0.15) is 11.8 Å². The first-order chi connectivity index (χ1) is 10.1. The first-order valence-electron chi connectivity index (χ1n) is 7.47. The molecule has 2 N–H and O–H groups in total. The van der Waals surface area contributed by atoms with Crippen LogP contribution in [-0.4, -0.2) is 33.0 Å². The van der Waals surface area contributed by atoms with Crippen LogP contribution in [0.2, 0.25) is 0 Å². The SMILES string of the molecule is CSCCCCCNc1ccc(S(=O)(=O)NC2CC2)cc1. The zero-order chi connectivity index (χ0) is 15.1. The average molecular weight is 329 g/mol. The van der Waals surface area contributed by atoms with Gasteiger partial charge in [0.05, 0.1) is 4.90 Å². The smallest absolute Gasteiger partial charge is 0.240 e. The molecule has 0 radical (unpaired) electrons. The van der Waals surface area contributed by atoms with Crippen LogP contribution in [0.5, 0.6) is 0 Å². The molecule has 0 saturated heterocycles. The number of unbranched alkanes of at least 4 members (excludes halogenated alkanes) is 2. The molecular weight excluding hydrogens is 304 g/mol. The molecule has 1 aliphatic rings. The van der Waals surface area contributed by atoms with Crippen LogP contribution in [0.25, 0.3) is 0 Å². The second kappa shape index (κ2) is 8.06. The summed E-state index contributed by atoms with van der Waals surface area (Å²) in [5.41, 5.74) is 0.977. The summed E-state index contributed by atoms with van der Waals surface area (Å²) in [7, 11) is -3.33. The van der Waals surface area contributed by atoms with Gasteiger partial charge in [0.25, 0.3) is 0 Å². The predicted octanol–water partition coefficient (Wildman–Crippen LogP) is 3.07. The number of hydrogen-bond acceptors (Lipinski definition) is 4. The van der Waals surface area contributed by atoms with Crippen molar-refractivity contribution in [3.8, 4) is 0 Å². The zero-order valence-electron chi connectivity index (χ0n) is 12.5. The minimum Gasteiger partial charge on any atom is -0.385 e. The van der Waals surface area contributed by atoms with E-state index in [1.54, 1.807) is 12.1 Å². The number of anilines is 1. The standard InChI is InChI=1S/C15H24N2O2S2/c1-20-12-4-2-3-11-16-13-7-9-15(10-8-13)21(18,19)17-14-5-6-14/h7-10,14,16-17H,2-6,11-12H2,1H3. The number of thioether (sulfide) groups is 1. The van der Waals surface area contributed by atoms with Crippen LogP contribution in [-0.2, 0) is 10.0 Å². The van der Waals surface area contributed by atoms with Gasteiger partial charge in [0, 0.05) is 18.3 Å². The van der Waals surface area contributed by atoms with E-state index in [1.165, 1.54) is 18.6 Å². The number of hydrogen-bond donors (Lipinski definition) is 2. The molecule has 0 atom stereocenters. The summed E-state index contributed by atoms with van der Waals surface area (Å²) in [5.74, 6) is 1.22. The maximum atomic E-state index is 12.0. The summed E-state index contributed by atoms with van der Waals surface area (Å²) < 4.78 is 26.7. The summed E-state index contributed by atoms with van der Waals surface area (Å²) in [6, 6.07) is 7.16. The molecule has 0 spiro atoms. The highest BCUT2D eigenvalue weighted by Gasteiger charge is 2.27. The first kappa shape index (κ1) is 16.6. The van der Waals surface area contributed by atoms with Crippen molar-refractivity contribution < 1.29 is 8.42 Å². The number of sulfonamides is 1. The molecule has 0 bridgehead atoms. The Morgan fingerprint density at radius 3 is 2.48 bits per heavy atom. The van der Waals surface area contributed by atoms with E-state index in [9.17, 15) is 8.42 Å². The third-order valence-electron chi connectivity index (χ3n) is 3.42. The van der Waals surface area contributed by atoms with E-state index in [4.69, 9.17) is 0 Å². The van der Waals surface area contributed by atoms with Gasteiger partial charge in [-0.15, -0.1) is 0 Å². The lowest BCUT2D eigenvalue weighted by atomic mass is 10.2. The molecule has 0 unspecified atom stereocenters. The van der Waals surface area contributed by atoms with Crippen LogP contribution in [0.1, 0.15) is 32.1 Å². The van der Waals surface area contributed by atoms with E-state index in [-0.39, 0.29) is 6.04 Å². The van der Waals surface area contributed by atoms with Gasteiger partial charge in [-0.25, -0.2) is 13.1 Å². The topological polar surface area (TPSA) is 58.2 Å². The van der Waals surface area contributed by atoms with Crippen LogP contribution in [0.15, 0.2) is 29.2 Å². The van der Waals surface area contributed by atoms with Crippen molar-refractivity contribution in [3.05, 3.63) is 24.3 Å². The predicted molar refractivity (Wildman–Crippen MR) is 90.5 cm³/mol. The Hall–Kier alpha value is -0.720. The number of nitrogens with one attached hydrogen (secondary N) is 2. The second-order valence-electron chi connectivity index (χ2n) is 5.40. The molecule has 6 heteroatoms. The van der Waals surface area contributed by atoms with Crippen molar-refractivity contribution in [3.63, 3.8) is 0 Å². The Labute approximate surface area is 132 Å². The Balaban J connectivity index is 1.76. The molecule has 0 aromatic heterocycles. The summed E-state index contributed by atoms with van der Waals surface area (Å²) in [4.78, 5) is 0.347. The van der Waals surface area contributed by atoms with Gasteiger partial charge in [-0.1, -0.05) is 6.42 Å². The minimum atomic E-state index is -3.33. The Kier molecular flexibility index (Phi) is 6.39. The largest absolute Gasteiger partial charge is 0.385 e. The molecule has 1 aromatic rings. The van der Waals surface area contributed by atoms with Gasteiger partial charge in [0.15, 0.2) is 0 Å². The average Bonchev–Trinajstić information content (AvgIpc) is 3.26. The third-order valence-corrected chi connectivity index (χ3v) is 5.65. The van der Waals surface area contributed by atoms with Gasteiger partial charge < -0.3 is 5.32 Å². The maximum Gasteiger partial charge on any atom is 0.240 e. The molecule has 2 rings (SSSR count). The molecule has 1 aliphatic carbocycles. The molecule has 1 aromatic carbocycles. The molecule has 0 aliphatic heterocycles. The van der Waals surface area contributed by atoms with E-state index in [1.807, 2.05) is 23.9 Å². The third kappa shape index (κ3) is 5.88. The molecule has 1 fully saturated rings. The lowest BCUT2D eigenvalue weighted by molar-refractivity contribution is 0.581. The Morgan fingerprint density at radius 1 is 1.14 bits per heavy atom. The van der Waals surface area contributed by atoms with E-state index in [2.05, 4.69) is 16.3 Å². The summed E-state index contributed by atoms with van der Waals surface area (Å²) in [5, 5.41) is 3.33. The lowest BCUT2D eigenvalue weighted by Crippen LogP contribution is -2.25. The van der Waals surface area contributed by atoms with Crippen LogP contribution in [0.4, 0.5) is 5.69 Å². The number of benzene rings is 1. The van der Waals surface area contributed by atoms with Crippen LogP contribution >= 0.6 is 11.8 Å². The monoisotopic (exact) mass is 328 g/mol. The molecule has 118 valence electrons. The second-order valence-corrected chi connectivity index (χ2v) is 8.10. The summed E-state index contributed by atoms with van der Waals surface area (Å²) >= 11 is 1.89. The zero-order valence-corrected chi connectivity index (χ0v) is 14.1. The summed E-state index contributed by atoms with van der Waals surface area (Å²) in [6.45, 7) is 0.931.